The maximum atomic E-state index is 5.31. The molecular weight excluding hydrogens is 174 g/mol. The standard InChI is InChI=1S/C12H15NO/c1-9-5-3-4-6-11(9)8-12-7-10(2)13-14-12/h3-6,12H,7-8H2,1-2H3/t12-/m0/s1. The van der Waals surface area contributed by atoms with E-state index in [9.17, 15) is 0 Å². The molecule has 0 saturated heterocycles. The summed E-state index contributed by atoms with van der Waals surface area (Å²) in [7, 11) is 0. The molecule has 0 saturated carbocycles. The molecule has 0 unspecified atom stereocenters. The van der Waals surface area contributed by atoms with Crippen LogP contribution in [-0.4, -0.2) is 11.8 Å². The van der Waals surface area contributed by atoms with Crippen LogP contribution in [0.5, 0.6) is 0 Å². The lowest BCUT2D eigenvalue weighted by Gasteiger charge is -2.09. The van der Waals surface area contributed by atoms with Crippen molar-refractivity contribution in [2.24, 2.45) is 5.16 Å². The highest BCUT2D eigenvalue weighted by Gasteiger charge is 2.18. The summed E-state index contributed by atoms with van der Waals surface area (Å²) in [5.41, 5.74) is 3.80. The van der Waals surface area contributed by atoms with Crippen LogP contribution in [0.25, 0.3) is 0 Å². The van der Waals surface area contributed by atoms with Crippen LogP contribution in [0.3, 0.4) is 0 Å². The van der Waals surface area contributed by atoms with Crippen molar-refractivity contribution in [1.29, 1.82) is 0 Å². The number of aryl methyl sites for hydroxylation is 1. The lowest BCUT2D eigenvalue weighted by molar-refractivity contribution is 0.0858. The van der Waals surface area contributed by atoms with Gasteiger partial charge < -0.3 is 4.84 Å². The molecule has 1 aliphatic rings. The van der Waals surface area contributed by atoms with Gasteiger partial charge in [-0.25, -0.2) is 0 Å². The molecule has 1 aliphatic heterocycles. The summed E-state index contributed by atoms with van der Waals surface area (Å²) < 4.78 is 0. The molecule has 1 atom stereocenters. The highest BCUT2D eigenvalue weighted by molar-refractivity contribution is 5.82. The summed E-state index contributed by atoms with van der Waals surface area (Å²) in [6, 6.07) is 8.44. The summed E-state index contributed by atoms with van der Waals surface area (Å²) in [5.74, 6) is 0. The Balaban J connectivity index is 2.02. The quantitative estimate of drug-likeness (QED) is 0.701. The Morgan fingerprint density at radius 1 is 1.36 bits per heavy atom. The first kappa shape index (κ1) is 9.25. The van der Waals surface area contributed by atoms with Crippen molar-refractivity contribution in [3.8, 4) is 0 Å². The minimum absolute atomic E-state index is 0.246. The minimum atomic E-state index is 0.246. The summed E-state index contributed by atoms with van der Waals surface area (Å²) in [6.07, 6.45) is 2.18. The lowest BCUT2D eigenvalue weighted by atomic mass is 10.0. The first-order valence-electron chi connectivity index (χ1n) is 4.99. The first-order valence-corrected chi connectivity index (χ1v) is 4.99. The number of rotatable bonds is 2. The summed E-state index contributed by atoms with van der Waals surface area (Å²) in [4.78, 5) is 5.31. The Labute approximate surface area is 84.6 Å². The van der Waals surface area contributed by atoms with E-state index in [1.54, 1.807) is 0 Å². The van der Waals surface area contributed by atoms with Crippen molar-refractivity contribution < 1.29 is 4.84 Å². The molecule has 0 aliphatic carbocycles. The fourth-order valence-corrected chi connectivity index (χ4v) is 1.76. The zero-order valence-electron chi connectivity index (χ0n) is 8.66. The van der Waals surface area contributed by atoms with Gasteiger partial charge in [0.25, 0.3) is 0 Å². The molecule has 1 heterocycles. The maximum Gasteiger partial charge on any atom is 0.136 e. The topological polar surface area (TPSA) is 21.6 Å². The molecule has 1 aromatic carbocycles. The summed E-state index contributed by atoms with van der Waals surface area (Å²) >= 11 is 0. The van der Waals surface area contributed by atoms with Gasteiger partial charge in [-0.1, -0.05) is 29.4 Å². The van der Waals surface area contributed by atoms with Gasteiger partial charge in [0, 0.05) is 12.8 Å². The van der Waals surface area contributed by atoms with E-state index >= 15 is 0 Å². The molecule has 74 valence electrons. The molecule has 0 fully saturated rings. The second kappa shape index (κ2) is 3.82. The number of hydrogen-bond acceptors (Lipinski definition) is 2. The van der Waals surface area contributed by atoms with Gasteiger partial charge in [0.2, 0.25) is 0 Å². The molecular formula is C12H15NO. The smallest absolute Gasteiger partial charge is 0.136 e. The summed E-state index contributed by atoms with van der Waals surface area (Å²) in [5, 5.41) is 3.96. The van der Waals surface area contributed by atoms with E-state index in [-0.39, 0.29) is 6.10 Å². The van der Waals surface area contributed by atoms with Crippen molar-refractivity contribution in [1.82, 2.24) is 0 Å². The molecule has 0 spiro atoms. The largest absolute Gasteiger partial charge is 0.392 e. The highest BCUT2D eigenvalue weighted by Crippen LogP contribution is 2.17. The molecule has 0 N–H and O–H groups in total. The predicted octanol–water partition coefficient (Wildman–Crippen LogP) is 2.70. The number of nitrogens with zero attached hydrogens (tertiary/aromatic N) is 1. The normalized spacial score (nSPS) is 20.4. The molecule has 0 aromatic heterocycles. The Kier molecular flexibility index (Phi) is 2.53. The summed E-state index contributed by atoms with van der Waals surface area (Å²) in [6.45, 7) is 4.15. The third-order valence-corrected chi connectivity index (χ3v) is 2.59. The van der Waals surface area contributed by atoms with Crippen LogP contribution < -0.4 is 0 Å². The van der Waals surface area contributed by atoms with Gasteiger partial charge in [0.05, 0.1) is 5.71 Å². The van der Waals surface area contributed by atoms with Gasteiger partial charge in [0.15, 0.2) is 0 Å². The van der Waals surface area contributed by atoms with Gasteiger partial charge in [-0.15, -0.1) is 0 Å². The molecule has 2 nitrogen and oxygen atoms in total. The third-order valence-electron chi connectivity index (χ3n) is 2.59. The zero-order chi connectivity index (χ0) is 9.97. The van der Waals surface area contributed by atoms with Crippen LogP contribution >= 0.6 is 0 Å². The minimum Gasteiger partial charge on any atom is -0.392 e. The van der Waals surface area contributed by atoms with Gasteiger partial charge in [-0.2, -0.15) is 0 Å². The van der Waals surface area contributed by atoms with E-state index in [4.69, 9.17) is 4.84 Å². The number of benzene rings is 1. The average molecular weight is 189 g/mol. The van der Waals surface area contributed by atoms with Crippen LogP contribution in [0.15, 0.2) is 29.4 Å². The fourth-order valence-electron chi connectivity index (χ4n) is 1.76. The van der Waals surface area contributed by atoms with Crippen LogP contribution in [0.1, 0.15) is 24.5 Å². The van der Waals surface area contributed by atoms with E-state index in [2.05, 4.69) is 36.3 Å². The first-order chi connectivity index (χ1) is 6.75. The number of oxime groups is 1. The Hall–Kier alpha value is -1.31. The highest BCUT2D eigenvalue weighted by atomic mass is 16.6. The van der Waals surface area contributed by atoms with Crippen LogP contribution in [0, 0.1) is 6.92 Å². The van der Waals surface area contributed by atoms with Gasteiger partial charge >= 0.3 is 0 Å². The van der Waals surface area contributed by atoms with E-state index in [0.717, 1.165) is 18.6 Å². The monoisotopic (exact) mass is 189 g/mol. The second-order valence-corrected chi connectivity index (χ2v) is 3.89. The lowest BCUT2D eigenvalue weighted by Crippen LogP contribution is -2.11. The fraction of sp³-hybridized carbons (Fsp3) is 0.417. The Morgan fingerprint density at radius 3 is 2.79 bits per heavy atom. The molecule has 0 amide bonds. The van der Waals surface area contributed by atoms with E-state index in [1.807, 2.05) is 6.92 Å². The van der Waals surface area contributed by atoms with Gasteiger partial charge in [-0.3, -0.25) is 0 Å². The van der Waals surface area contributed by atoms with Crippen molar-refractivity contribution in [2.75, 3.05) is 0 Å². The Morgan fingerprint density at radius 2 is 2.14 bits per heavy atom. The SMILES string of the molecule is CC1=NO[C@H](Cc2ccccc2C)C1. The van der Waals surface area contributed by atoms with E-state index in [0.29, 0.717) is 0 Å². The van der Waals surface area contributed by atoms with Crippen molar-refractivity contribution >= 4 is 5.71 Å². The zero-order valence-corrected chi connectivity index (χ0v) is 8.66. The molecule has 2 rings (SSSR count). The van der Waals surface area contributed by atoms with E-state index in [1.165, 1.54) is 11.1 Å². The van der Waals surface area contributed by atoms with Crippen LogP contribution in [-0.2, 0) is 11.3 Å². The molecule has 2 heteroatoms. The third kappa shape index (κ3) is 1.95. The average Bonchev–Trinajstić information content (AvgIpc) is 2.56. The molecule has 1 aromatic rings. The molecule has 0 radical (unpaired) electrons. The van der Waals surface area contributed by atoms with Crippen LogP contribution in [0.2, 0.25) is 0 Å². The van der Waals surface area contributed by atoms with Gasteiger partial charge in [0.1, 0.15) is 6.10 Å². The number of hydrogen-bond donors (Lipinski definition) is 0. The van der Waals surface area contributed by atoms with Crippen LogP contribution in [0.4, 0.5) is 0 Å². The molecule has 14 heavy (non-hydrogen) atoms. The van der Waals surface area contributed by atoms with Crippen molar-refractivity contribution in [3.05, 3.63) is 35.4 Å². The predicted molar refractivity (Wildman–Crippen MR) is 57.5 cm³/mol. The molecule has 0 bridgehead atoms. The van der Waals surface area contributed by atoms with Crippen molar-refractivity contribution in [2.45, 2.75) is 32.8 Å². The second-order valence-electron chi connectivity index (χ2n) is 3.89. The van der Waals surface area contributed by atoms with Crippen molar-refractivity contribution in [3.63, 3.8) is 0 Å². The van der Waals surface area contributed by atoms with E-state index < -0.39 is 0 Å². The Bertz CT molecular complexity index is 357. The maximum absolute atomic E-state index is 5.31. The van der Waals surface area contributed by atoms with Gasteiger partial charge in [-0.05, 0) is 25.0 Å².